The quantitative estimate of drug-likeness (QED) is 0.658. The minimum atomic E-state index is -0.288. The molecule has 1 aliphatic carbocycles. The summed E-state index contributed by atoms with van der Waals surface area (Å²) in [6, 6.07) is 0. The van der Waals surface area contributed by atoms with Gasteiger partial charge >= 0.3 is 0 Å². The van der Waals surface area contributed by atoms with Crippen molar-refractivity contribution in [2.24, 2.45) is 5.92 Å². The van der Waals surface area contributed by atoms with Crippen LogP contribution in [0.2, 0.25) is 0 Å². The number of halogens is 1. The Labute approximate surface area is 168 Å². The average Bonchev–Trinajstić information content (AvgIpc) is 2.86. The first-order chi connectivity index (χ1) is 13.4. The normalized spacial score (nSPS) is 19.1. The number of hydrogen-bond acceptors (Lipinski definition) is 4. The predicted octanol–water partition coefficient (Wildman–Crippen LogP) is 5.39. The Morgan fingerprint density at radius 2 is 1.89 bits per heavy atom. The third-order valence-electron chi connectivity index (χ3n) is 5.23. The molecule has 0 aromatic carbocycles. The lowest BCUT2D eigenvalue weighted by Crippen LogP contribution is -2.34. The van der Waals surface area contributed by atoms with Crippen molar-refractivity contribution in [3.8, 4) is 5.88 Å². The Morgan fingerprint density at radius 1 is 1.14 bits per heavy atom. The van der Waals surface area contributed by atoms with Gasteiger partial charge in [-0.3, -0.25) is 9.88 Å². The Bertz CT molecular complexity index is 740. The fraction of sp³-hybridized carbons (Fsp3) is 0.565. The molecule has 1 saturated heterocycles. The minimum Gasteiger partial charge on any atom is -0.471 e. The van der Waals surface area contributed by atoms with Crippen LogP contribution in [-0.2, 0) is 6.54 Å². The Kier molecular flexibility index (Phi) is 7.00. The van der Waals surface area contributed by atoms with Crippen LogP contribution in [0, 0.1) is 5.92 Å². The summed E-state index contributed by atoms with van der Waals surface area (Å²) in [6.45, 7) is 8.91. The van der Waals surface area contributed by atoms with Gasteiger partial charge in [-0.25, -0.2) is 9.37 Å². The number of ether oxygens (including phenoxy) is 1. The van der Waals surface area contributed by atoms with Crippen LogP contribution in [0.5, 0.6) is 5.88 Å². The molecule has 0 spiro atoms. The van der Waals surface area contributed by atoms with Gasteiger partial charge in [0.15, 0.2) is 0 Å². The summed E-state index contributed by atoms with van der Waals surface area (Å²) in [6.07, 6.45) is 15.7. The van der Waals surface area contributed by atoms with Crippen LogP contribution in [0.15, 0.2) is 48.1 Å². The standard InChI is InChI=1S/C23H32FN3O/c1-23(2,3)28-22-21(25-13-14-26-22)17-27-15-11-18(12-16-27)9-10-19-7-5-4-6-8-20(19)24/h4-7,13-14,18H,8-12,15-17H2,1-3H3. The van der Waals surface area contributed by atoms with Crippen LogP contribution < -0.4 is 4.74 Å². The second-order valence-electron chi connectivity index (χ2n) is 8.70. The molecule has 28 heavy (non-hydrogen) atoms. The topological polar surface area (TPSA) is 38.3 Å². The largest absolute Gasteiger partial charge is 0.471 e. The number of rotatable bonds is 6. The van der Waals surface area contributed by atoms with Gasteiger partial charge in [0.25, 0.3) is 0 Å². The van der Waals surface area contributed by atoms with Gasteiger partial charge in [0.1, 0.15) is 17.1 Å². The summed E-state index contributed by atoms with van der Waals surface area (Å²) in [4.78, 5) is 11.3. The molecule has 0 unspecified atom stereocenters. The van der Waals surface area contributed by atoms with Crippen LogP contribution in [0.1, 0.15) is 58.6 Å². The Morgan fingerprint density at radius 3 is 2.64 bits per heavy atom. The van der Waals surface area contributed by atoms with Crippen molar-refractivity contribution in [2.75, 3.05) is 13.1 Å². The van der Waals surface area contributed by atoms with E-state index in [-0.39, 0.29) is 11.4 Å². The van der Waals surface area contributed by atoms with Gasteiger partial charge in [-0.15, -0.1) is 0 Å². The molecule has 1 aromatic heterocycles. The van der Waals surface area contributed by atoms with Crippen LogP contribution in [0.4, 0.5) is 4.39 Å². The number of nitrogens with zero attached hydrogens (tertiary/aromatic N) is 3. The SMILES string of the molecule is CC(C)(C)Oc1nccnc1CN1CCC(CCC2=C(F)CC=CC=C2)CC1. The van der Waals surface area contributed by atoms with E-state index in [2.05, 4.69) is 14.9 Å². The van der Waals surface area contributed by atoms with Gasteiger partial charge in [0, 0.05) is 25.4 Å². The van der Waals surface area contributed by atoms with E-state index < -0.39 is 0 Å². The van der Waals surface area contributed by atoms with E-state index in [0.29, 0.717) is 18.2 Å². The number of piperidine rings is 1. The summed E-state index contributed by atoms with van der Waals surface area (Å²) in [5.41, 5.74) is 1.49. The van der Waals surface area contributed by atoms with E-state index in [1.165, 1.54) is 0 Å². The highest BCUT2D eigenvalue weighted by Gasteiger charge is 2.23. The van der Waals surface area contributed by atoms with E-state index in [0.717, 1.165) is 56.6 Å². The van der Waals surface area contributed by atoms with Crippen LogP contribution in [0.25, 0.3) is 0 Å². The molecule has 1 fully saturated rings. The maximum Gasteiger partial charge on any atom is 0.237 e. The lowest BCUT2D eigenvalue weighted by Gasteiger charge is -2.32. The summed E-state index contributed by atoms with van der Waals surface area (Å²) in [7, 11) is 0. The molecule has 152 valence electrons. The number of allylic oxidation sites excluding steroid dienone is 6. The van der Waals surface area contributed by atoms with Gasteiger partial charge in [-0.2, -0.15) is 0 Å². The molecule has 5 heteroatoms. The second kappa shape index (κ2) is 9.46. The molecule has 2 heterocycles. The summed E-state index contributed by atoms with van der Waals surface area (Å²) in [5, 5.41) is 0. The van der Waals surface area contributed by atoms with Crippen LogP contribution in [-0.4, -0.2) is 33.6 Å². The van der Waals surface area contributed by atoms with Crippen molar-refractivity contribution in [2.45, 2.75) is 65.0 Å². The van der Waals surface area contributed by atoms with E-state index in [1.807, 2.05) is 45.1 Å². The average molecular weight is 386 g/mol. The first-order valence-corrected chi connectivity index (χ1v) is 10.3. The summed E-state index contributed by atoms with van der Waals surface area (Å²) >= 11 is 0. The molecule has 0 N–H and O–H groups in total. The molecule has 2 aliphatic rings. The highest BCUT2D eigenvalue weighted by atomic mass is 19.1. The molecule has 1 aromatic rings. The third kappa shape index (κ3) is 6.26. The lowest BCUT2D eigenvalue weighted by atomic mass is 9.90. The second-order valence-corrected chi connectivity index (χ2v) is 8.70. The van der Waals surface area contributed by atoms with Crippen molar-refractivity contribution in [1.82, 2.24) is 14.9 Å². The number of aromatic nitrogens is 2. The smallest absolute Gasteiger partial charge is 0.237 e. The molecule has 1 aliphatic heterocycles. The van der Waals surface area contributed by atoms with E-state index >= 15 is 0 Å². The zero-order valence-corrected chi connectivity index (χ0v) is 17.3. The molecular formula is C23H32FN3O. The molecular weight excluding hydrogens is 353 g/mol. The minimum absolute atomic E-state index is 0.0245. The van der Waals surface area contributed by atoms with Crippen LogP contribution >= 0.6 is 0 Å². The maximum absolute atomic E-state index is 14.1. The molecule has 0 amide bonds. The van der Waals surface area contributed by atoms with E-state index in [4.69, 9.17) is 4.74 Å². The fourth-order valence-electron chi connectivity index (χ4n) is 3.70. The highest BCUT2D eigenvalue weighted by molar-refractivity contribution is 5.29. The van der Waals surface area contributed by atoms with Crippen molar-refractivity contribution >= 4 is 0 Å². The molecule has 0 bridgehead atoms. The molecule has 4 nitrogen and oxygen atoms in total. The van der Waals surface area contributed by atoms with Crippen molar-refractivity contribution in [1.29, 1.82) is 0 Å². The van der Waals surface area contributed by atoms with E-state index in [1.54, 1.807) is 12.4 Å². The maximum atomic E-state index is 14.1. The van der Waals surface area contributed by atoms with Crippen molar-refractivity contribution < 1.29 is 9.13 Å². The first kappa shape index (κ1) is 20.7. The van der Waals surface area contributed by atoms with Crippen molar-refractivity contribution in [3.63, 3.8) is 0 Å². The van der Waals surface area contributed by atoms with Crippen LogP contribution in [0.3, 0.4) is 0 Å². The lowest BCUT2D eigenvalue weighted by molar-refractivity contribution is 0.116. The Hall–Kier alpha value is -2.01. The monoisotopic (exact) mass is 385 g/mol. The van der Waals surface area contributed by atoms with E-state index in [9.17, 15) is 4.39 Å². The number of likely N-dealkylation sites (tertiary alicyclic amines) is 1. The fourth-order valence-corrected chi connectivity index (χ4v) is 3.70. The van der Waals surface area contributed by atoms with Gasteiger partial charge in [-0.05, 0) is 71.0 Å². The molecule has 0 atom stereocenters. The highest BCUT2D eigenvalue weighted by Crippen LogP contribution is 2.28. The van der Waals surface area contributed by atoms with Gasteiger partial charge < -0.3 is 4.74 Å². The zero-order valence-electron chi connectivity index (χ0n) is 17.3. The Balaban J connectivity index is 1.49. The van der Waals surface area contributed by atoms with Gasteiger partial charge in [0.05, 0.1) is 0 Å². The molecule has 0 radical (unpaired) electrons. The third-order valence-corrected chi connectivity index (χ3v) is 5.23. The molecule has 0 saturated carbocycles. The predicted molar refractivity (Wildman–Crippen MR) is 111 cm³/mol. The zero-order chi connectivity index (χ0) is 20.0. The summed E-state index contributed by atoms with van der Waals surface area (Å²) in [5.74, 6) is 1.32. The van der Waals surface area contributed by atoms with Gasteiger partial charge in [-0.1, -0.05) is 24.3 Å². The molecule has 3 rings (SSSR count). The van der Waals surface area contributed by atoms with Gasteiger partial charge in [0.2, 0.25) is 5.88 Å². The first-order valence-electron chi connectivity index (χ1n) is 10.3. The number of hydrogen-bond donors (Lipinski definition) is 0. The van der Waals surface area contributed by atoms with Crippen molar-refractivity contribution in [3.05, 3.63) is 53.8 Å². The summed E-state index contributed by atoms with van der Waals surface area (Å²) < 4.78 is 20.0.